The first-order valence-electron chi connectivity index (χ1n) is 8.24. The van der Waals surface area contributed by atoms with E-state index in [1.54, 1.807) is 6.20 Å². The van der Waals surface area contributed by atoms with Crippen molar-refractivity contribution in [3.63, 3.8) is 0 Å². The Labute approximate surface area is 136 Å². The number of benzene rings is 1. The summed E-state index contributed by atoms with van der Waals surface area (Å²) in [7, 11) is 0. The van der Waals surface area contributed by atoms with Gasteiger partial charge in [-0.3, -0.25) is 4.79 Å². The molecule has 4 heteroatoms. The van der Waals surface area contributed by atoms with Crippen LogP contribution in [0.2, 0.25) is 0 Å². The topological polar surface area (TPSA) is 51.2 Å². The number of aromatic nitrogens is 1. The molecule has 23 heavy (non-hydrogen) atoms. The number of rotatable bonds is 5. The van der Waals surface area contributed by atoms with Gasteiger partial charge in [0.2, 0.25) is 0 Å². The lowest BCUT2D eigenvalue weighted by molar-refractivity contribution is -0.123. The third-order valence-electron chi connectivity index (χ3n) is 4.14. The molecule has 0 saturated heterocycles. The average molecular weight is 310 g/mol. The number of carbonyl (C=O) groups excluding carboxylic acids is 1. The minimum Gasteiger partial charge on any atom is -0.368 e. The van der Waals surface area contributed by atoms with E-state index < -0.39 is 0 Å². The van der Waals surface area contributed by atoms with Gasteiger partial charge in [-0.15, -0.1) is 0 Å². The largest absolute Gasteiger partial charge is 0.368 e. The number of carbonyl (C=O) groups is 1. The molecule has 120 valence electrons. The standard InChI is InChI=1S/C19H22N2O2/c22-19(14-23-17-9-5-2-6-10-17)21-18-12-11-16(13-20-18)15-7-3-1-4-8-15/h1,3-4,7-8,11-13,17H,2,5-6,9-10,14H2,(H,20,21,22). The van der Waals surface area contributed by atoms with Gasteiger partial charge in [0.1, 0.15) is 12.4 Å². The van der Waals surface area contributed by atoms with Gasteiger partial charge in [0.25, 0.3) is 5.91 Å². The van der Waals surface area contributed by atoms with Gasteiger partial charge in [-0.1, -0.05) is 49.6 Å². The van der Waals surface area contributed by atoms with E-state index in [1.807, 2.05) is 42.5 Å². The summed E-state index contributed by atoms with van der Waals surface area (Å²) in [6.07, 6.45) is 7.83. The predicted octanol–water partition coefficient (Wildman–Crippen LogP) is 4.04. The van der Waals surface area contributed by atoms with Crippen LogP contribution in [0.15, 0.2) is 48.7 Å². The molecule has 1 aromatic carbocycles. The summed E-state index contributed by atoms with van der Waals surface area (Å²) in [5.74, 6) is 0.414. The lowest BCUT2D eigenvalue weighted by atomic mass is 9.98. The van der Waals surface area contributed by atoms with E-state index in [2.05, 4.69) is 10.3 Å². The number of hydrogen-bond donors (Lipinski definition) is 1. The highest BCUT2D eigenvalue weighted by Gasteiger charge is 2.15. The van der Waals surface area contributed by atoms with Gasteiger partial charge in [0, 0.05) is 11.8 Å². The van der Waals surface area contributed by atoms with Gasteiger partial charge < -0.3 is 10.1 Å². The summed E-state index contributed by atoms with van der Waals surface area (Å²) in [6.45, 7) is 0.104. The van der Waals surface area contributed by atoms with E-state index in [4.69, 9.17) is 4.74 Å². The number of pyridine rings is 1. The first kappa shape index (κ1) is 15.7. The van der Waals surface area contributed by atoms with Crippen molar-refractivity contribution in [3.05, 3.63) is 48.7 Å². The summed E-state index contributed by atoms with van der Waals surface area (Å²) in [5, 5.41) is 2.79. The molecular weight excluding hydrogens is 288 g/mol. The van der Waals surface area contributed by atoms with Crippen LogP contribution in [0.4, 0.5) is 5.82 Å². The lowest BCUT2D eigenvalue weighted by Gasteiger charge is -2.21. The zero-order chi connectivity index (χ0) is 15.9. The maximum absolute atomic E-state index is 11.9. The maximum Gasteiger partial charge on any atom is 0.251 e. The van der Waals surface area contributed by atoms with Crippen molar-refractivity contribution in [2.45, 2.75) is 38.2 Å². The number of ether oxygens (including phenoxy) is 1. The smallest absolute Gasteiger partial charge is 0.251 e. The molecule has 1 aliphatic carbocycles. The van der Waals surface area contributed by atoms with Crippen LogP contribution in [-0.2, 0) is 9.53 Å². The number of nitrogens with zero attached hydrogens (tertiary/aromatic N) is 1. The molecule has 1 aromatic heterocycles. The molecule has 2 aromatic rings. The molecule has 0 bridgehead atoms. The number of anilines is 1. The van der Waals surface area contributed by atoms with E-state index in [0.29, 0.717) is 5.82 Å². The Kier molecular flexibility index (Phi) is 5.37. The van der Waals surface area contributed by atoms with Crippen LogP contribution >= 0.6 is 0 Å². The first-order valence-corrected chi connectivity index (χ1v) is 8.24. The molecule has 0 unspecified atom stereocenters. The van der Waals surface area contributed by atoms with Crippen LogP contribution in [0.25, 0.3) is 11.1 Å². The van der Waals surface area contributed by atoms with Crippen molar-refractivity contribution in [1.29, 1.82) is 0 Å². The normalized spacial score (nSPS) is 15.3. The fourth-order valence-electron chi connectivity index (χ4n) is 2.87. The minimum absolute atomic E-state index is 0.104. The van der Waals surface area contributed by atoms with Crippen LogP contribution in [-0.4, -0.2) is 23.6 Å². The molecule has 1 N–H and O–H groups in total. The van der Waals surface area contributed by atoms with Crippen molar-refractivity contribution in [1.82, 2.24) is 4.98 Å². The molecule has 0 radical (unpaired) electrons. The number of nitrogens with one attached hydrogen (secondary N) is 1. The molecular formula is C19H22N2O2. The molecule has 0 aliphatic heterocycles. The van der Waals surface area contributed by atoms with Gasteiger partial charge in [-0.25, -0.2) is 4.98 Å². The Bertz CT molecular complexity index is 620. The Hall–Kier alpha value is -2.20. The highest BCUT2D eigenvalue weighted by atomic mass is 16.5. The van der Waals surface area contributed by atoms with Gasteiger partial charge in [-0.05, 0) is 30.5 Å². The van der Waals surface area contributed by atoms with Gasteiger partial charge >= 0.3 is 0 Å². The molecule has 1 saturated carbocycles. The van der Waals surface area contributed by atoms with E-state index in [0.717, 1.165) is 24.0 Å². The second-order valence-electron chi connectivity index (χ2n) is 5.92. The highest BCUT2D eigenvalue weighted by Crippen LogP contribution is 2.21. The monoisotopic (exact) mass is 310 g/mol. The summed E-state index contributed by atoms with van der Waals surface area (Å²) >= 11 is 0. The molecule has 4 nitrogen and oxygen atoms in total. The average Bonchev–Trinajstić information content (AvgIpc) is 2.62. The Balaban J connectivity index is 1.50. The van der Waals surface area contributed by atoms with Gasteiger partial charge in [0.05, 0.1) is 6.10 Å². The highest BCUT2D eigenvalue weighted by molar-refractivity contribution is 5.90. The second kappa shape index (κ2) is 7.88. The van der Waals surface area contributed by atoms with Crippen LogP contribution < -0.4 is 5.32 Å². The Morgan fingerprint density at radius 3 is 2.52 bits per heavy atom. The molecule has 0 atom stereocenters. The van der Waals surface area contributed by atoms with Crippen LogP contribution in [0.3, 0.4) is 0 Å². The van der Waals surface area contributed by atoms with Gasteiger partial charge in [-0.2, -0.15) is 0 Å². The third kappa shape index (κ3) is 4.63. The third-order valence-corrected chi connectivity index (χ3v) is 4.14. The van der Waals surface area contributed by atoms with Crippen LogP contribution in [0.1, 0.15) is 32.1 Å². The van der Waals surface area contributed by atoms with Crippen LogP contribution in [0.5, 0.6) is 0 Å². The summed E-state index contributed by atoms with van der Waals surface area (Å²) in [4.78, 5) is 16.2. The zero-order valence-corrected chi connectivity index (χ0v) is 13.2. The maximum atomic E-state index is 11.9. The predicted molar refractivity (Wildman–Crippen MR) is 91.1 cm³/mol. The Morgan fingerprint density at radius 2 is 1.83 bits per heavy atom. The fourth-order valence-corrected chi connectivity index (χ4v) is 2.87. The lowest BCUT2D eigenvalue weighted by Crippen LogP contribution is -2.25. The molecule has 1 amide bonds. The van der Waals surface area contributed by atoms with Crippen molar-refractivity contribution < 1.29 is 9.53 Å². The van der Waals surface area contributed by atoms with Crippen molar-refractivity contribution in [2.24, 2.45) is 0 Å². The zero-order valence-electron chi connectivity index (χ0n) is 13.2. The van der Waals surface area contributed by atoms with Crippen molar-refractivity contribution in [2.75, 3.05) is 11.9 Å². The SMILES string of the molecule is O=C(COC1CCCCC1)Nc1ccc(-c2ccccc2)cn1. The minimum atomic E-state index is -0.143. The summed E-state index contributed by atoms with van der Waals surface area (Å²) in [5.41, 5.74) is 2.14. The molecule has 1 aliphatic rings. The number of hydrogen-bond acceptors (Lipinski definition) is 3. The van der Waals surface area contributed by atoms with E-state index in [1.165, 1.54) is 19.3 Å². The molecule has 1 fully saturated rings. The quantitative estimate of drug-likeness (QED) is 0.907. The Morgan fingerprint density at radius 1 is 1.04 bits per heavy atom. The van der Waals surface area contributed by atoms with E-state index in [9.17, 15) is 4.79 Å². The second-order valence-corrected chi connectivity index (χ2v) is 5.92. The molecule has 1 heterocycles. The van der Waals surface area contributed by atoms with Crippen LogP contribution in [0, 0.1) is 0 Å². The van der Waals surface area contributed by atoms with Crippen molar-refractivity contribution >= 4 is 11.7 Å². The fraction of sp³-hybridized carbons (Fsp3) is 0.368. The summed E-state index contributed by atoms with van der Waals surface area (Å²) in [6, 6.07) is 13.8. The summed E-state index contributed by atoms with van der Waals surface area (Å²) < 4.78 is 5.67. The number of amides is 1. The van der Waals surface area contributed by atoms with Crippen molar-refractivity contribution in [3.8, 4) is 11.1 Å². The van der Waals surface area contributed by atoms with E-state index >= 15 is 0 Å². The first-order chi connectivity index (χ1) is 11.3. The molecule has 3 rings (SSSR count). The molecule has 0 spiro atoms. The van der Waals surface area contributed by atoms with E-state index in [-0.39, 0.29) is 18.6 Å². The van der Waals surface area contributed by atoms with Gasteiger partial charge in [0.15, 0.2) is 0 Å².